The Morgan fingerprint density at radius 3 is 1.91 bits per heavy atom. The standard InChI is InChI=1S/C8H5Cl3/c9-7(8(10)11)6-4-2-1-3-5-6/h1-5H. The van der Waals surface area contributed by atoms with Gasteiger partial charge in [-0.05, 0) is 5.56 Å². The molecule has 0 aliphatic rings. The summed E-state index contributed by atoms with van der Waals surface area (Å²) >= 11 is 16.7. The molecule has 3 heteroatoms. The van der Waals surface area contributed by atoms with Crippen molar-refractivity contribution in [2.75, 3.05) is 0 Å². The molecular formula is C8H5Cl3. The van der Waals surface area contributed by atoms with Crippen LogP contribution in [0, 0.1) is 0 Å². The normalized spacial score (nSPS) is 9.36. The van der Waals surface area contributed by atoms with Crippen molar-refractivity contribution < 1.29 is 0 Å². The van der Waals surface area contributed by atoms with Crippen molar-refractivity contribution in [3.8, 4) is 0 Å². The molecule has 0 atom stereocenters. The lowest BCUT2D eigenvalue weighted by molar-refractivity contribution is 1.65. The Morgan fingerprint density at radius 2 is 1.45 bits per heavy atom. The molecule has 0 bridgehead atoms. The average molecular weight is 207 g/mol. The number of hydrogen-bond donors (Lipinski definition) is 0. The second-order valence-electron chi connectivity index (χ2n) is 1.94. The van der Waals surface area contributed by atoms with Crippen molar-refractivity contribution >= 4 is 39.8 Å². The molecule has 0 N–H and O–H groups in total. The summed E-state index contributed by atoms with van der Waals surface area (Å²) in [6.45, 7) is 0. The number of rotatable bonds is 1. The summed E-state index contributed by atoms with van der Waals surface area (Å²) < 4.78 is 0.0952. The van der Waals surface area contributed by atoms with Gasteiger partial charge in [0.15, 0.2) is 0 Å². The van der Waals surface area contributed by atoms with E-state index in [1.807, 2.05) is 30.3 Å². The lowest BCUT2D eigenvalue weighted by Gasteiger charge is -1.96. The first-order valence-corrected chi connectivity index (χ1v) is 4.11. The molecule has 0 nitrogen and oxygen atoms in total. The summed E-state index contributed by atoms with van der Waals surface area (Å²) in [4.78, 5) is 0. The van der Waals surface area contributed by atoms with E-state index in [2.05, 4.69) is 0 Å². The van der Waals surface area contributed by atoms with Crippen LogP contribution in [0.25, 0.3) is 5.03 Å². The van der Waals surface area contributed by atoms with Crippen molar-refractivity contribution in [2.24, 2.45) is 0 Å². The molecule has 0 amide bonds. The van der Waals surface area contributed by atoms with Gasteiger partial charge in [-0.1, -0.05) is 65.1 Å². The minimum Gasteiger partial charge on any atom is -0.0811 e. The van der Waals surface area contributed by atoms with E-state index in [0.717, 1.165) is 5.56 Å². The summed E-state index contributed by atoms with van der Waals surface area (Å²) in [6, 6.07) is 9.32. The van der Waals surface area contributed by atoms with Crippen LogP contribution in [0.1, 0.15) is 5.56 Å². The zero-order valence-electron chi connectivity index (χ0n) is 5.52. The van der Waals surface area contributed by atoms with Gasteiger partial charge in [-0.3, -0.25) is 0 Å². The molecule has 0 heterocycles. The molecule has 11 heavy (non-hydrogen) atoms. The first kappa shape index (κ1) is 8.92. The van der Waals surface area contributed by atoms with E-state index >= 15 is 0 Å². The van der Waals surface area contributed by atoms with E-state index in [-0.39, 0.29) is 4.49 Å². The zero-order chi connectivity index (χ0) is 8.27. The van der Waals surface area contributed by atoms with Gasteiger partial charge in [-0.15, -0.1) is 0 Å². The van der Waals surface area contributed by atoms with Crippen LogP contribution in [0.5, 0.6) is 0 Å². The minimum atomic E-state index is 0.0952. The third-order valence-corrected chi connectivity index (χ3v) is 2.17. The Balaban J connectivity index is 3.04. The summed E-state index contributed by atoms with van der Waals surface area (Å²) in [6.07, 6.45) is 0. The highest BCUT2D eigenvalue weighted by molar-refractivity contribution is 6.66. The maximum absolute atomic E-state index is 5.76. The molecule has 1 aromatic carbocycles. The van der Waals surface area contributed by atoms with Crippen molar-refractivity contribution in [2.45, 2.75) is 0 Å². The van der Waals surface area contributed by atoms with Gasteiger partial charge in [-0.25, -0.2) is 0 Å². The Morgan fingerprint density at radius 1 is 0.909 bits per heavy atom. The van der Waals surface area contributed by atoms with E-state index < -0.39 is 0 Å². The molecule has 58 valence electrons. The van der Waals surface area contributed by atoms with Crippen molar-refractivity contribution in [1.29, 1.82) is 0 Å². The average Bonchev–Trinajstić information content (AvgIpc) is 2.05. The first-order chi connectivity index (χ1) is 5.22. The fourth-order valence-corrected chi connectivity index (χ4v) is 1.04. The Bertz CT molecular complexity index is 260. The molecule has 0 aromatic heterocycles. The number of halogens is 3. The molecule has 0 saturated carbocycles. The zero-order valence-corrected chi connectivity index (χ0v) is 7.79. The van der Waals surface area contributed by atoms with Crippen molar-refractivity contribution in [3.05, 3.63) is 40.4 Å². The maximum Gasteiger partial charge on any atom is 0.126 e. The summed E-state index contributed by atoms with van der Waals surface area (Å²) in [5.41, 5.74) is 0.828. The van der Waals surface area contributed by atoms with Gasteiger partial charge in [-0.2, -0.15) is 0 Å². The lowest BCUT2D eigenvalue weighted by Crippen LogP contribution is -1.74. The van der Waals surface area contributed by atoms with E-state index in [1.54, 1.807) is 0 Å². The van der Waals surface area contributed by atoms with E-state index in [0.29, 0.717) is 5.03 Å². The van der Waals surface area contributed by atoms with Crippen LogP contribution in [-0.2, 0) is 0 Å². The quantitative estimate of drug-likeness (QED) is 0.652. The van der Waals surface area contributed by atoms with Crippen LogP contribution >= 0.6 is 34.8 Å². The van der Waals surface area contributed by atoms with Crippen LogP contribution in [0.3, 0.4) is 0 Å². The number of benzene rings is 1. The van der Waals surface area contributed by atoms with Gasteiger partial charge in [0.05, 0.1) is 5.03 Å². The molecule has 0 radical (unpaired) electrons. The second-order valence-corrected chi connectivity index (χ2v) is 3.27. The topological polar surface area (TPSA) is 0 Å². The molecule has 0 spiro atoms. The predicted molar refractivity (Wildman–Crippen MR) is 50.9 cm³/mol. The molecule has 0 unspecified atom stereocenters. The monoisotopic (exact) mass is 206 g/mol. The van der Waals surface area contributed by atoms with Gasteiger partial charge in [0.2, 0.25) is 0 Å². The maximum atomic E-state index is 5.76. The number of hydrogen-bond acceptors (Lipinski definition) is 0. The Kier molecular flexibility index (Phi) is 3.25. The Labute approximate surface area is 80.4 Å². The van der Waals surface area contributed by atoms with E-state index in [4.69, 9.17) is 34.8 Å². The molecule has 0 aliphatic heterocycles. The van der Waals surface area contributed by atoms with Gasteiger partial charge in [0.25, 0.3) is 0 Å². The van der Waals surface area contributed by atoms with Gasteiger partial charge >= 0.3 is 0 Å². The highest BCUT2D eigenvalue weighted by Crippen LogP contribution is 2.27. The predicted octanol–water partition coefficient (Wildman–Crippen LogP) is 4.03. The molecule has 0 saturated heterocycles. The lowest BCUT2D eigenvalue weighted by atomic mass is 10.2. The van der Waals surface area contributed by atoms with Gasteiger partial charge < -0.3 is 0 Å². The van der Waals surface area contributed by atoms with Gasteiger partial charge in [0.1, 0.15) is 4.49 Å². The first-order valence-electron chi connectivity index (χ1n) is 2.98. The van der Waals surface area contributed by atoms with Crippen LogP contribution < -0.4 is 0 Å². The molecular weight excluding hydrogens is 202 g/mol. The Hall–Kier alpha value is -0.170. The van der Waals surface area contributed by atoms with Crippen LogP contribution in [0.15, 0.2) is 34.8 Å². The van der Waals surface area contributed by atoms with Crippen LogP contribution in [0.4, 0.5) is 0 Å². The third kappa shape index (κ3) is 2.41. The highest BCUT2D eigenvalue weighted by atomic mass is 35.5. The summed E-state index contributed by atoms with van der Waals surface area (Å²) in [5.74, 6) is 0. The molecule has 1 rings (SSSR count). The fourth-order valence-electron chi connectivity index (χ4n) is 0.694. The largest absolute Gasteiger partial charge is 0.126 e. The SMILES string of the molecule is ClC(Cl)=C(Cl)c1ccccc1. The molecule has 0 fully saturated rings. The van der Waals surface area contributed by atoms with E-state index in [9.17, 15) is 0 Å². The minimum absolute atomic E-state index is 0.0952. The van der Waals surface area contributed by atoms with Crippen LogP contribution in [-0.4, -0.2) is 0 Å². The molecule has 1 aromatic rings. The summed E-state index contributed by atoms with van der Waals surface area (Å²) in [7, 11) is 0. The third-order valence-electron chi connectivity index (χ3n) is 1.19. The highest BCUT2D eigenvalue weighted by Gasteiger charge is 2.00. The van der Waals surface area contributed by atoms with Crippen LogP contribution in [0.2, 0.25) is 0 Å². The van der Waals surface area contributed by atoms with Gasteiger partial charge in [0, 0.05) is 0 Å². The van der Waals surface area contributed by atoms with E-state index in [1.165, 1.54) is 0 Å². The smallest absolute Gasteiger partial charge is 0.0811 e. The second kappa shape index (κ2) is 4.01. The van der Waals surface area contributed by atoms with Crippen molar-refractivity contribution in [1.82, 2.24) is 0 Å². The fraction of sp³-hybridized carbons (Fsp3) is 0. The summed E-state index contributed by atoms with van der Waals surface area (Å²) in [5, 5.41) is 0.383. The molecule has 0 aliphatic carbocycles. The van der Waals surface area contributed by atoms with Crippen molar-refractivity contribution in [3.63, 3.8) is 0 Å².